The van der Waals surface area contributed by atoms with Crippen molar-refractivity contribution in [1.29, 1.82) is 0 Å². The molecule has 8 atom stereocenters. The van der Waals surface area contributed by atoms with Gasteiger partial charge in [0.25, 0.3) is 0 Å². The molecule has 0 aromatic heterocycles. The van der Waals surface area contributed by atoms with E-state index in [0.717, 1.165) is 44.9 Å². The van der Waals surface area contributed by atoms with E-state index in [1.807, 2.05) is 0 Å². The van der Waals surface area contributed by atoms with Gasteiger partial charge in [0.05, 0.1) is 18.8 Å². The molecular weight excluding hydrogens is 714 g/mol. The number of hydrogen-bond acceptors (Lipinski definition) is 9. The molecular formula is C45H87NO10. The summed E-state index contributed by atoms with van der Waals surface area (Å²) >= 11 is 0. The second kappa shape index (κ2) is 35.6. The van der Waals surface area contributed by atoms with Gasteiger partial charge in [0, 0.05) is 0 Å². The Labute approximate surface area is 341 Å². The number of aliphatic hydroxyl groups excluding tert-OH is 5. The SMILES string of the molecule is CCCCCCCCCCCCCCCCC[C@@H](O)C(=O)N[C@@H](CO[C@H]1O[C@H](C(=O)O)[C@@H](O)[C@H](O)[C@H]1O)[C@H](O)CCCCCCCCCCCCCCCCC. The topological polar surface area (TPSA) is 186 Å². The van der Waals surface area contributed by atoms with Crippen LogP contribution in [0.3, 0.4) is 0 Å². The van der Waals surface area contributed by atoms with Crippen molar-refractivity contribution >= 4 is 11.9 Å². The zero-order valence-electron chi connectivity index (χ0n) is 35.8. The Morgan fingerprint density at radius 3 is 1.27 bits per heavy atom. The van der Waals surface area contributed by atoms with Gasteiger partial charge in [-0.2, -0.15) is 0 Å². The van der Waals surface area contributed by atoms with Crippen LogP contribution in [0.25, 0.3) is 0 Å². The first kappa shape index (κ1) is 52.7. The molecule has 1 heterocycles. The standard InChI is InChI=1S/C45H87NO10/c1-3-5-7-9-11-13-15-17-19-21-23-25-27-29-31-33-37(47)36(35-55-45-41(51)39(49)40(50)42(56-45)44(53)54)46-43(52)38(48)34-32-30-28-26-24-22-20-18-16-14-12-10-8-6-4-2/h36-42,45,47-51H,3-35H2,1-2H3,(H,46,52)(H,53,54)/t36-,37+,38+,39-,40-,41+,42-,45-/m0/s1. The van der Waals surface area contributed by atoms with E-state index < -0.39 is 60.8 Å². The first-order valence-electron chi connectivity index (χ1n) is 23.3. The Kier molecular flexibility index (Phi) is 33.5. The number of aliphatic hydroxyl groups is 5. The molecule has 7 N–H and O–H groups in total. The molecule has 11 nitrogen and oxygen atoms in total. The Bertz CT molecular complexity index is 925. The lowest BCUT2D eigenvalue weighted by Crippen LogP contribution is -2.61. The molecule has 1 amide bonds. The number of rotatable bonds is 39. The fourth-order valence-electron chi connectivity index (χ4n) is 7.68. The number of carboxylic acid groups (broad SMARTS) is 1. The Morgan fingerprint density at radius 1 is 0.536 bits per heavy atom. The summed E-state index contributed by atoms with van der Waals surface area (Å²) in [6.45, 7) is 4.13. The quantitative estimate of drug-likeness (QED) is 0.0297. The summed E-state index contributed by atoms with van der Waals surface area (Å²) in [7, 11) is 0. The number of ether oxygens (including phenoxy) is 2. The van der Waals surface area contributed by atoms with Crippen LogP contribution in [0.1, 0.15) is 219 Å². The molecule has 0 aliphatic carbocycles. The number of nitrogens with one attached hydrogen (secondary N) is 1. The Balaban J connectivity index is 2.42. The van der Waals surface area contributed by atoms with Gasteiger partial charge in [-0.3, -0.25) is 4.79 Å². The molecule has 0 radical (unpaired) electrons. The molecule has 0 saturated carbocycles. The second-order valence-electron chi connectivity index (χ2n) is 16.7. The molecule has 11 heteroatoms. The van der Waals surface area contributed by atoms with Crippen molar-refractivity contribution in [2.24, 2.45) is 0 Å². The van der Waals surface area contributed by atoms with Crippen LogP contribution >= 0.6 is 0 Å². The van der Waals surface area contributed by atoms with E-state index >= 15 is 0 Å². The zero-order valence-corrected chi connectivity index (χ0v) is 35.8. The van der Waals surface area contributed by atoms with Crippen molar-refractivity contribution in [3.8, 4) is 0 Å². The molecule has 56 heavy (non-hydrogen) atoms. The van der Waals surface area contributed by atoms with Crippen molar-refractivity contribution in [2.75, 3.05) is 6.61 Å². The molecule has 0 aromatic rings. The van der Waals surface area contributed by atoms with E-state index in [-0.39, 0.29) is 6.61 Å². The summed E-state index contributed by atoms with van der Waals surface area (Å²) in [4.78, 5) is 24.6. The van der Waals surface area contributed by atoms with Gasteiger partial charge in [0.1, 0.15) is 24.4 Å². The summed E-state index contributed by atoms with van der Waals surface area (Å²) in [5, 5.41) is 64.5. The van der Waals surface area contributed by atoms with Gasteiger partial charge in [-0.05, 0) is 12.8 Å². The highest BCUT2D eigenvalue weighted by Gasteiger charge is 2.47. The van der Waals surface area contributed by atoms with Crippen molar-refractivity contribution in [3.63, 3.8) is 0 Å². The van der Waals surface area contributed by atoms with Crippen molar-refractivity contribution < 1.29 is 49.7 Å². The average Bonchev–Trinajstić information content (AvgIpc) is 3.18. The van der Waals surface area contributed by atoms with Gasteiger partial charge in [0.15, 0.2) is 12.4 Å². The molecule has 1 aliphatic heterocycles. The van der Waals surface area contributed by atoms with Gasteiger partial charge in [0.2, 0.25) is 5.91 Å². The lowest BCUT2D eigenvalue weighted by atomic mass is 9.99. The summed E-state index contributed by atoms with van der Waals surface area (Å²) in [5.74, 6) is -2.17. The van der Waals surface area contributed by atoms with Crippen LogP contribution in [0.2, 0.25) is 0 Å². The molecule has 332 valence electrons. The van der Waals surface area contributed by atoms with Crippen LogP contribution in [0.5, 0.6) is 0 Å². The number of aliphatic carboxylic acids is 1. The normalized spacial score (nSPS) is 21.5. The van der Waals surface area contributed by atoms with Gasteiger partial charge in [-0.15, -0.1) is 0 Å². The predicted octanol–water partition coefficient (Wildman–Crippen LogP) is 8.62. The molecule has 1 rings (SSSR count). The first-order valence-corrected chi connectivity index (χ1v) is 23.3. The number of hydrogen-bond donors (Lipinski definition) is 7. The maximum atomic E-state index is 13.0. The van der Waals surface area contributed by atoms with Crippen LogP contribution in [0, 0.1) is 0 Å². The summed E-state index contributed by atoms with van der Waals surface area (Å²) in [6.07, 6.45) is 26.1. The number of carbonyl (C=O) groups excluding carboxylic acids is 1. The Morgan fingerprint density at radius 2 is 0.893 bits per heavy atom. The molecule has 0 unspecified atom stereocenters. The summed E-state index contributed by atoms with van der Waals surface area (Å²) in [6, 6.07) is -0.979. The van der Waals surface area contributed by atoms with Crippen LogP contribution in [0.15, 0.2) is 0 Å². The minimum absolute atomic E-state index is 0.293. The lowest BCUT2D eigenvalue weighted by Gasteiger charge is -2.39. The fraction of sp³-hybridized carbons (Fsp3) is 0.956. The van der Waals surface area contributed by atoms with Crippen molar-refractivity contribution in [3.05, 3.63) is 0 Å². The molecule has 1 fully saturated rings. The van der Waals surface area contributed by atoms with Crippen LogP contribution in [-0.2, 0) is 19.1 Å². The largest absolute Gasteiger partial charge is 0.479 e. The van der Waals surface area contributed by atoms with Crippen molar-refractivity contribution in [1.82, 2.24) is 5.32 Å². The average molecular weight is 802 g/mol. The van der Waals surface area contributed by atoms with Gasteiger partial charge in [-0.1, -0.05) is 206 Å². The summed E-state index contributed by atoms with van der Waals surface area (Å²) in [5.41, 5.74) is 0. The highest BCUT2D eigenvalue weighted by molar-refractivity contribution is 5.80. The third kappa shape index (κ3) is 25.9. The molecule has 1 saturated heterocycles. The van der Waals surface area contributed by atoms with Crippen molar-refractivity contribution in [2.45, 2.75) is 268 Å². The van der Waals surface area contributed by atoms with E-state index in [0.29, 0.717) is 19.3 Å². The monoisotopic (exact) mass is 802 g/mol. The molecule has 0 aromatic carbocycles. The minimum Gasteiger partial charge on any atom is -0.479 e. The second-order valence-corrected chi connectivity index (χ2v) is 16.7. The number of unbranched alkanes of at least 4 members (excludes halogenated alkanes) is 28. The van der Waals surface area contributed by atoms with Gasteiger partial charge < -0.3 is 45.4 Å². The predicted molar refractivity (Wildman–Crippen MR) is 223 cm³/mol. The van der Waals surface area contributed by atoms with Gasteiger partial charge in [-0.25, -0.2) is 4.79 Å². The van der Waals surface area contributed by atoms with E-state index in [9.17, 15) is 40.2 Å². The van der Waals surface area contributed by atoms with E-state index in [1.54, 1.807) is 0 Å². The zero-order chi connectivity index (χ0) is 41.2. The smallest absolute Gasteiger partial charge is 0.335 e. The first-order chi connectivity index (χ1) is 27.1. The third-order valence-electron chi connectivity index (χ3n) is 11.5. The van der Waals surface area contributed by atoms with Crippen LogP contribution in [0.4, 0.5) is 0 Å². The van der Waals surface area contributed by atoms with E-state index in [1.165, 1.54) is 141 Å². The highest BCUT2D eigenvalue weighted by atomic mass is 16.7. The number of carboxylic acids is 1. The van der Waals surface area contributed by atoms with Crippen LogP contribution in [-0.4, -0.2) is 98.1 Å². The molecule has 1 aliphatic rings. The third-order valence-corrected chi connectivity index (χ3v) is 11.5. The maximum absolute atomic E-state index is 13.0. The minimum atomic E-state index is -1.86. The Hall–Kier alpha value is -1.34. The maximum Gasteiger partial charge on any atom is 0.335 e. The number of carbonyl (C=O) groups is 2. The highest BCUT2D eigenvalue weighted by Crippen LogP contribution is 2.23. The molecule has 0 spiro atoms. The summed E-state index contributed by atoms with van der Waals surface area (Å²) < 4.78 is 10.8. The lowest BCUT2D eigenvalue weighted by molar-refractivity contribution is -0.295. The van der Waals surface area contributed by atoms with E-state index in [2.05, 4.69) is 19.2 Å². The number of amides is 1. The van der Waals surface area contributed by atoms with Crippen LogP contribution < -0.4 is 5.32 Å². The molecule has 0 bridgehead atoms. The van der Waals surface area contributed by atoms with Gasteiger partial charge >= 0.3 is 5.97 Å². The fourth-order valence-corrected chi connectivity index (χ4v) is 7.68. The van der Waals surface area contributed by atoms with E-state index in [4.69, 9.17) is 9.47 Å².